The quantitative estimate of drug-likeness (QED) is 0.608. The number of carboxylic acid groups (broad SMARTS) is 1. The molecule has 0 aromatic heterocycles. The maximum absolute atomic E-state index is 12.0. The first kappa shape index (κ1) is 19.7. The highest BCUT2D eigenvalue weighted by Gasteiger charge is 2.38. The van der Waals surface area contributed by atoms with E-state index >= 15 is 0 Å². The molecule has 132 valence electrons. The van der Waals surface area contributed by atoms with Crippen LogP contribution >= 0.6 is 0 Å². The monoisotopic (exact) mass is 334 g/mol. The predicted octanol–water partition coefficient (Wildman–Crippen LogP) is 1.84. The van der Waals surface area contributed by atoms with E-state index in [2.05, 4.69) is 10.6 Å². The van der Waals surface area contributed by atoms with E-state index in [0.717, 1.165) is 6.42 Å². The summed E-state index contributed by atoms with van der Waals surface area (Å²) in [4.78, 5) is 35.3. The lowest BCUT2D eigenvalue weighted by Gasteiger charge is -2.29. The van der Waals surface area contributed by atoms with Gasteiger partial charge in [0.05, 0.1) is 0 Å². The molecular weight excluding hydrogens is 308 g/mol. The van der Waals surface area contributed by atoms with E-state index in [-0.39, 0.29) is 31.2 Å². The third kappa shape index (κ3) is 5.37. The number of carbonyl (C=O) groups is 3. The zero-order valence-corrected chi connectivity index (χ0v) is 14.3. The first-order chi connectivity index (χ1) is 11.5. The molecule has 0 heterocycles. The van der Waals surface area contributed by atoms with Crippen LogP contribution in [0.5, 0.6) is 0 Å². The van der Waals surface area contributed by atoms with Gasteiger partial charge in [0.25, 0.3) is 0 Å². The second-order valence-corrected chi connectivity index (χ2v) is 5.73. The van der Waals surface area contributed by atoms with E-state index in [1.54, 1.807) is 31.2 Å². The average molecular weight is 334 g/mol. The molecule has 0 fully saturated rings. The molecule has 2 amide bonds. The Kier molecular flexibility index (Phi) is 7.95. The fourth-order valence-corrected chi connectivity index (χ4v) is 2.46. The number of benzene rings is 1. The molecule has 3 N–H and O–H groups in total. The summed E-state index contributed by atoms with van der Waals surface area (Å²) in [6, 6.07) is 8.88. The summed E-state index contributed by atoms with van der Waals surface area (Å²) in [6.45, 7) is 4.32. The zero-order chi connectivity index (χ0) is 18.0. The van der Waals surface area contributed by atoms with Gasteiger partial charge in [-0.2, -0.15) is 0 Å². The van der Waals surface area contributed by atoms with Gasteiger partial charge in [-0.15, -0.1) is 0 Å². The van der Waals surface area contributed by atoms with Crippen LogP contribution in [-0.2, 0) is 19.8 Å². The van der Waals surface area contributed by atoms with Gasteiger partial charge >= 0.3 is 5.97 Å². The smallest absolute Gasteiger partial charge is 0.315 e. The Morgan fingerprint density at radius 3 is 2.08 bits per heavy atom. The molecule has 0 aliphatic rings. The molecule has 1 unspecified atom stereocenters. The summed E-state index contributed by atoms with van der Waals surface area (Å²) in [5.74, 6) is -1.47. The first-order valence-corrected chi connectivity index (χ1v) is 8.28. The van der Waals surface area contributed by atoms with Crippen molar-refractivity contribution in [3.8, 4) is 0 Å². The van der Waals surface area contributed by atoms with Crippen LogP contribution in [0.2, 0.25) is 0 Å². The molecule has 0 bridgehead atoms. The lowest BCUT2D eigenvalue weighted by molar-refractivity contribution is -0.144. The van der Waals surface area contributed by atoms with Crippen LogP contribution in [0.4, 0.5) is 0 Å². The van der Waals surface area contributed by atoms with E-state index in [4.69, 9.17) is 0 Å². The standard InChI is InChI=1S/C18H26N2O4/c1-3-12-19-15(21)10-11-16(22)20-13-18(4-2,17(23)24)14-8-6-5-7-9-14/h5-9H,3-4,10-13H2,1-2H3,(H,19,21)(H,20,22)(H,23,24). The van der Waals surface area contributed by atoms with E-state index in [0.29, 0.717) is 18.5 Å². The Morgan fingerprint density at radius 1 is 1.00 bits per heavy atom. The van der Waals surface area contributed by atoms with E-state index < -0.39 is 11.4 Å². The molecule has 1 atom stereocenters. The summed E-state index contributed by atoms with van der Waals surface area (Å²) in [5, 5.41) is 15.1. The maximum Gasteiger partial charge on any atom is 0.315 e. The largest absolute Gasteiger partial charge is 0.481 e. The molecule has 0 saturated carbocycles. The Balaban J connectivity index is 2.65. The summed E-state index contributed by atoms with van der Waals surface area (Å²) >= 11 is 0. The van der Waals surface area contributed by atoms with Gasteiger partial charge in [0.15, 0.2) is 0 Å². The van der Waals surface area contributed by atoms with Crippen LogP contribution in [0.15, 0.2) is 30.3 Å². The number of aliphatic carboxylic acids is 1. The molecule has 0 radical (unpaired) electrons. The van der Waals surface area contributed by atoms with Crippen molar-refractivity contribution in [3.63, 3.8) is 0 Å². The highest BCUT2D eigenvalue weighted by atomic mass is 16.4. The third-order valence-electron chi connectivity index (χ3n) is 4.08. The molecule has 0 aliphatic heterocycles. The van der Waals surface area contributed by atoms with Crippen LogP contribution in [0, 0.1) is 0 Å². The minimum Gasteiger partial charge on any atom is -0.481 e. The molecule has 1 rings (SSSR count). The minimum absolute atomic E-state index is 0.00173. The summed E-state index contributed by atoms with van der Waals surface area (Å²) in [5.41, 5.74) is -0.512. The Bertz CT molecular complexity index is 559. The van der Waals surface area contributed by atoms with Crippen molar-refractivity contribution >= 4 is 17.8 Å². The number of carbonyl (C=O) groups excluding carboxylic acids is 2. The molecule has 1 aromatic rings. The molecule has 1 aromatic carbocycles. The molecule has 6 heteroatoms. The Labute approximate surface area is 142 Å². The molecule has 0 saturated heterocycles. The van der Waals surface area contributed by atoms with Crippen LogP contribution in [0.1, 0.15) is 45.1 Å². The van der Waals surface area contributed by atoms with Crippen molar-refractivity contribution < 1.29 is 19.5 Å². The van der Waals surface area contributed by atoms with Gasteiger partial charge in [0.2, 0.25) is 11.8 Å². The summed E-state index contributed by atoms with van der Waals surface area (Å²) in [6.07, 6.45) is 1.34. The predicted molar refractivity (Wildman–Crippen MR) is 91.6 cm³/mol. The van der Waals surface area contributed by atoms with Crippen LogP contribution in [-0.4, -0.2) is 36.0 Å². The van der Waals surface area contributed by atoms with Crippen LogP contribution in [0.25, 0.3) is 0 Å². The second kappa shape index (κ2) is 9.70. The molecule has 0 spiro atoms. The number of hydrogen-bond acceptors (Lipinski definition) is 3. The Hall–Kier alpha value is -2.37. The maximum atomic E-state index is 12.0. The van der Waals surface area contributed by atoms with Gasteiger partial charge < -0.3 is 15.7 Å². The number of carboxylic acids is 1. The van der Waals surface area contributed by atoms with Gasteiger partial charge in [-0.3, -0.25) is 14.4 Å². The lowest BCUT2D eigenvalue weighted by Crippen LogP contribution is -2.46. The van der Waals surface area contributed by atoms with Crippen molar-refractivity contribution in [2.45, 2.75) is 44.9 Å². The van der Waals surface area contributed by atoms with E-state index in [1.807, 2.05) is 13.0 Å². The van der Waals surface area contributed by atoms with Crippen LogP contribution in [0.3, 0.4) is 0 Å². The highest BCUT2D eigenvalue weighted by molar-refractivity contribution is 5.85. The van der Waals surface area contributed by atoms with Crippen molar-refractivity contribution in [1.29, 1.82) is 0 Å². The minimum atomic E-state index is -1.17. The fourth-order valence-electron chi connectivity index (χ4n) is 2.46. The second-order valence-electron chi connectivity index (χ2n) is 5.73. The van der Waals surface area contributed by atoms with E-state index in [9.17, 15) is 19.5 Å². The third-order valence-corrected chi connectivity index (χ3v) is 4.08. The topological polar surface area (TPSA) is 95.5 Å². The molecule has 0 aliphatic carbocycles. The highest BCUT2D eigenvalue weighted by Crippen LogP contribution is 2.27. The van der Waals surface area contributed by atoms with Crippen LogP contribution < -0.4 is 10.6 Å². The van der Waals surface area contributed by atoms with Gasteiger partial charge in [0.1, 0.15) is 5.41 Å². The molecule has 24 heavy (non-hydrogen) atoms. The van der Waals surface area contributed by atoms with Gasteiger partial charge in [0, 0.05) is 25.9 Å². The van der Waals surface area contributed by atoms with E-state index in [1.165, 1.54) is 0 Å². The fraction of sp³-hybridized carbons (Fsp3) is 0.500. The van der Waals surface area contributed by atoms with Crippen molar-refractivity contribution in [1.82, 2.24) is 10.6 Å². The van der Waals surface area contributed by atoms with Crippen molar-refractivity contribution in [3.05, 3.63) is 35.9 Å². The average Bonchev–Trinajstić information content (AvgIpc) is 2.59. The lowest BCUT2D eigenvalue weighted by atomic mass is 9.78. The van der Waals surface area contributed by atoms with Crippen molar-refractivity contribution in [2.24, 2.45) is 0 Å². The molecule has 6 nitrogen and oxygen atoms in total. The summed E-state index contributed by atoms with van der Waals surface area (Å²) < 4.78 is 0. The molecular formula is C18H26N2O4. The number of nitrogens with one attached hydrogen (secondary N) is 2. The van der Waals surface area contributed by atoms with Gasteiger partial charge in [-0.25, -0.2) is 0 Å². The SMILES string of the molecule is CCCNC(=O)CCC(=O)NCC(CC)(C(=O)O)c1ccccc1. The zero-order valence-electron chi connectivity index (χ0n) is 14.3. The number of rotatable bonds is 10. The van der Waals surface area contributed by atoms with Crippen molar-refractivity contribution in [2.75, 3.05) is 13.1 Å². The number of amides is 2. The summed E-state index contributed by atoms with van der Waals surface area (Å²) in [7, 11) is 0. The number of hydrogen-bond donors (Lipinski definition) is 3. The Morgan fingerprint density at radius 2 is 1.58 bits per heavy atom. The normalized spacial score (nSPS) is 12.9. The van der Waals surface area contributed by atoms with Gasteiger partial charge in [-0.05, 0) is 18.4 Å². The first-order valence-electron chi connectivity index (χ1n) is 8.28. The van der Waals surface area contributed by atoms with Gasteiger partial charge in [-0.1, -0.05) is 44.2 Å².